The van der Waals surface area contributed by atoms with Crippen LogP contribution in [0.3, 0.4) is 0 Å². The van der Waals surface area contributed by atoms with Crippen molar-refractivity contribution in [3.8, 4) is 0 Å². The summed E-state index contributed by atoms with van der Waals surface area (Å²) in [5.41, 5.74) is 0.504. The molecule has 0 radical (unpaired) electrons. The molecule has 0 spiro atoms. The molecule has 0 amide bonds. The minimum absolute atomic E-state index is 0.118. The van der Waals surface area contributed by atoms with Gasteiger partial charge >= 0.3 is 5.97 Å². The molecule has 0 saturated carbocycles. The smallest absolute Gasteiger partial charge is 0.339 e. The fraction of sp³-hybridized carbons (Fsp3) is 0.200. The molecule has 0 atom stereocenters. The maximum atomic E-state index is 13.7. The molecule has 0 fully saturated rings. The Kier molecular flexibility index (Phi) is 4.55. The molecule has 9 heteroatoms. The summed E-state index contributed by atoms with van der Waals surface area (Å²) < 4.78 is 45.9. The molecular formula is C15H12BrFN2O4S. The zero-order valence-corrected chi connectivity index (χ0v) is 14.7. The van der Waals surface area contributed by atoms with E-state index in [9.17, 15) is 17.6 Å². The predicted octanol–water partition coefficient (Wildman–Crippen LogP) is 2.13. The maximum absolute atomic E-state index is 13.7. The first-order chi connectivity index (χ1) is 11.3. The third-order valence-corrected chi connectivity index (χ3v) is 5.09. The predicted molar refractivity (Wildman–Crippen MR) is 89.0 cm³/mol. The summed E-state index contributed by atoms with van der Waals surface area (Å²) in [7, 11) is -3.44. The van der Waals surface area contributed by atoms with Crippen molar-refractivity contribution in [2.45, 2.75) is 6.61 Å². The van der Waals surface area contributed by atoms with Gasteiger partial charge in [0.05, 0.1) is 11.3 Å². The fourth-order valence-electron chi connectivity index (χ4n) is 2.19. The largest absolute Gasteiger partial charge is 0.457 e. The highest BCUT2D eigenvalue weighted by Crippen LogP contribution is 2.19. The standard InChI is InChI=1S/C15H12BrFN2O4S/c16-12-3-1-11(13(17)7-12)9-23-15(20)10-2-4-14-18-24(21,22)6-5-19(14)8-10/h1-4,7-8H,5-6,9H2. The van der Waals surface area contributed by atoms with Crippen LogP contribution in [0.1, 0.15) is 5.56 Å². The number of amidine groups is 1. The Labute approximate surface area is 146 Å². The number of hydrogen-bond acceptors (Lipinski definition) is 5. The molecule has 126 valence electrons. The lowest BCUT2D eigenvalue weighted by Gasteiger charge is -2.26. The average molecular weight is 415 g/mol. The van der Waals surface area contributed by atoms with Gasteiger partial charge in [-0.05, 0) is 24.3 Å². The fourth-order valence-corrected chi connectivity index (χ4v) is 3.49. The van der Waals surface area contributed by atoms with Gasteiger partial charge in [-0.25, -0.2) is 17.6 Å². The molecule has 1 aromatic rings. The molecular weight excluding hydrogens is 403 g/mol. The number of sulfonamides is 1. The van der Waals surface area contributed by atoms with Crippen LogP contribution in [-0.4, -0.2) is 37.4 Å². The van der Waals surface area contributed by atoms with Crippen LogP contribution >= 0.6 is 15.9 Å². The summed E-state index contributed by atoms with van der Waals surface area (Å²) in [6.07, 6.45) is 4.34. The Bertz CT molecular complexity index is 893. The quantitative estimate of drug-likeness (QED) is 0.708. The van der Waals surface area contributed by atoms with Crippen LogP contribution in [0.2, 0.25) is 0 Å². The Hall–Kier alpha value is -2.00. The van der Waals surface area contributed by atoms with Crippen molar-refractivity contribution in [3.63, 3.8) is 0 Å². The molecule has 0 aromatic heterocycles. The van der Waals surface area contributed by atoms with Crippen LogP contribution in [0.25, 0.3) is 0 Å². The van der Waals surface area contributed by atoms with Crippen LogP contribution in [-0.2, 0) is 26.2 Å². The molecule has 2 aliphatic heterocycles. The lowest BCUT2D eigenvalue weighted by molar-refractivity contribution is -0.140. The summed E-state index contributed by atoms with van der Waals surface area (Å²) in [5.74, 6) is -0.952. The lowest BCUT2D eigenvalue weighted by Crippen LogP contribution is -2.37. The third kappa shape index (κ3) is 3.73. The van der Waals surface area contributed by atoms with E-state index in [1.807, 2.05) is 0 Å². The van der Waals surface area contributed by atoms with Crippen molar-refractivity contribution < 1.29 is 22.3 Å². The highest BCUT2D eigenvalue weighted by Gasteiger charge is 2.25. The summed E-state index contributed by atoms with van der Waals surface area (Å²) in [6.45, 7) is 0.0160. The Morgan fingerprint density at radius 3 is 2.92 bits per heavy atom. The maximum Gasteiger partial charge on any atom is 0.339 e. The van der Waals surface area contributed by atoms with Gasteiger partial charge in [-0.1, -0.05) is 22.0 Å². The number of hydrogen-bond donors (Lipinski definition) is 0. The van der Waals surface area contributed by atoms with Crippen molar-refractivity contribution in [1.29, 1.82) is 0 Å². The number of esters is 1. The number of carbonyl (C=O) groups is 1. The zero-order chi connectivity index (χ0) is 17.3. The zero-order valence-electron chi connectivity index (χ0n) is 12.3. The first kappa shape index (κ1) is 16.8. The van der Waals surface area contributed by atoms with Crippen molar-refractivity contribution in [2.24, 2.45) is 4.40 Å². The van der Waals surface area contributed by atoms with E-state index in [-0.39, 0.29) is 35.9 Å². The monoisotopic (exact) mass is 414 g/mol. The average Bonchev–Trinajstić information content (AvgIpc) is 2.52. The van der Waals surface area contributed by atoms with Crippen molar-refractivity contribution >= 4 is 37.8 Å². The third-order valence-electron chi connectivity index (χ3n) is 3.43. The Morgan fingerprint density at radius 2 is 2.17 bits per heavy atom. The summed E-state index contributed by atoms with van der Waals surface area (Å²) in [5, 5.41) is 0. The minimum Gasteiger partial charge on any atom is -0.457 e. The SMILES string of the molecule is O=C(OCc1ccc(Br)cc1F)C1=CN2CCS(=O)(=O)N=C2C=C1. The van der Waals surface area contributed by atoms with Gasteiger partial charge in [0.15, 0.2) is 0 Å². The molecule has 2 aliphatic rings. The van der Waals surface area contributed by atoms with E-state index in [2.05, 4.69) is 20.3 Å². The van der Waals surface area contributed by atoms with Crippen LogP contribution in [0.5, 0.6) is 0 Å². The van der Waals surface area contributed by atoms with Gasteiger partial charge in [0.25, 0.3) is 10.0 Å². The van der Waals surface area contributed by atoms with Gasteiger partial charge in [-0.2, -0.15) is 0 Å². The van der Waals surface area contributed by atoms with Gasteiger partial charge in [0, 0.05) is 22.8 Å². The summed E-state index contributed by atoms with van der Waals surface area (Å²) in [4.78, 5) is 13.7. The van der Waals surface area contributed by atoms with E-state index in [4.69, 9.17) is 4.74 Å². The van der Waals surface area contributed by atoms with Crippen molar-refractivity contribution in [2.75, 3.05) is 12.3 Å². The van der Waals surface area contributed by atoms with Crippen LogP contribution in [0.4, 0.5) is 4.39 Å². The first-order valence-electron chi connectivity index (χ1n) is 6.94. The van der Waals surface area contributed by atoms with Gasteiger partial charge in [0.1, 0.15) is 18.3 Å². The van der Waals surface area contributed by atoms with E-state index in [1.165, 1.54) is 30.5 Å². The molecule has 0 aliphatic carbocycles. The van der Waals surface area contributed by atoms with E-state index >= 15 is 0 Å². The topological polar surface area (TPSA) is 76.0 Å². The van der Waals surface area contributed by atoms with Gasteiger partial charge < -0.3 is 9.64 Å². The second kappa shape index (κ2) is 6.48. The lowest BCUT2D eigenvalue weighted by atomic mass is 10.2. The summed E-state index contributed by atoms with van der Waals surface area (Å²) >= 11 is 3.15. The van der Waals surface area contributed by atoms with E-state index in [1.54, 1.807) is 11.0 Å². The Morgan fingerprint density at radius 1 is 1.38 bits per heavy atom. The van der Waals surface area contributed by atoms with Crippen LogP contribution < -0.4 is 0 Å². The molecule has 0 saturated heterocycles. The molecule has 0 N–H and O–H groups in total. The normalized spacial score (nSPS) is 18.5. The Balaban J connectivity index is 1.69. The molecule has 0 bridgehead atoms. The number of rotatable bonds is 3. The van der Waals surface area contributed by atoms with Crippen LogP contribution in [0, 0.1) is 5.82 Å². The number of carbonyl (C=O) groups excluding carboxylic acids is 1. The molecule has 3 rings (SSSR count). The van der Waals surface area contributed by atoms with E-state index < -0.39 is 21.8 Å². The van der Waals surface area contributed by atoms with Gasteiger partial charge in [-0.3, -0.25) is 0 Å². The highest BCUT2D eigenvalue weighted by atomic mass is 79.9. The van der Waals surface area contributed by atoms with Crippen LogP contribution in [0.15, 0.2) is 51.0 Å². The number of ether oxygens (including phenoxy) is 1. The van der Waals surface area contributed by atoms with Crippen molar-refractivity contribution in [3.05, 3.63) is 58.0 Å². The molecule has 6 nitrogen and oxygen atoms in total. The van der Waals surface area contributed by atoms with E-state index in [0.717, 1.165) is 0 Å². The summed E-state index contributed by atoms with van der Waals surface area (Å²) in [6, 6.07) is 4.47. The molecule has 0 unspecified atom stereocenters. The second-order valence-electron chi connectivity index (χ2n) is 5.16. The number of halogens is 2. The van der Waals surface area contributed by atoms with E-state index in [0.29, 0.717) is 4.47 Å². The highest BCUT2D eigenvalue weighted by molar-refractivity contribution is 9.10. The second-order valence-corrected chi connectivity index (χ2v) is 7.83. The first-order valence-corrected chi connectivity index (χ1v) is 9.34. The molecule has 2 heterocycles. The molecule has 1 aromatic carbocycles. The minimum atomic E-state index is -3.44. The molecule has 24 heavy (non-hydrogen) atoms. The van der Waals surface area contributed by atoms with Crippen molar-refractivity contribution in [1.82, 2.24) is 4.90 Å². The number of benzene rings is 1. The number of nitrogens with zero attached hydrogens (tertiary/aromatic N) is 2. The number of fused-ring (bicyclic) bond motifs is 1. The van der Waals surface area contributed by atoms with Gasteiger partial charge in [-0.15, -0.1) is 4.40 Å². The van der Waals surface area contributed by atoms with Gasteiger partial charge in [0.2, 0.25) is 0 Å².